The van der Waals surface area contributed by atoms with Gasteiger partial charge in [0.2, 0.25) is 0 Å². The predicted octanol–water partition coefficient (Wildman–Crippen LogP) is 4.67. The third-order valence-corrected chi connectivity index (χ3v) is 4.58. The first-order valence-electron chi connectivity index (χ1n) is 7.30. The van der Waals surface area contributed by atoms with Gasteiger partial charge in [-0.2, -0.15) is 0 Å². The van der Waals surface area contributed by atoms with Crippen molar-refractivity contribution in [2.45, 2.75) is 18.6 Å². The lowest BCUT2D eigenvalue weighted by Crippen LogP contribution is -2.08. The van der Waals surface area contributed by atoms with Crippen LogP contribution >= 0.6 is 23.4 Å². The molecule has 0 aliphatic rings. The third kappa shape index (κ3) is 3.52. The number of nitrogens with zero attached hydrogens (tertiary/aromatic N) is 2. The van der Waals surface area contributed by atoms with Crippen LogP contribution in [0.25, 0.3) is 10.9 Å². The highest BCUT2D eigenvalue weighted by molar-refractivity contribution is 7.98. The molecule has 0 N–H and O–H groups in total. The molecule has 0 atom stereocenters. The maximum absolute atomic E-state index is 12.3. The number of thioether (sulfide) groups is 1. The number of carbonyl (C=O) groups excluding carboxylic acids is 1. The third-order valence-electron chi connectivity index (χ3n) is 3.54. The SMILES string of the molecule is CSc1ncccc1C(=O)OCc1cc2ccc(C)cc2nc1Cl. The molecule has 0 amide bonds. The molecule has 2 heterocycles. The second kappa shape index (κ2) is 7.20. The number of pyridine rings is 2. The normalized spacial score (nSPS) is 10.8. The van der Waals surface area contributed by atoms with E-state index in [9.17, 15) is 4.79 Å². The van der Waals surface area contributed by atoms with Gasteiger partial charge in [0.1, 0.15) is 16.8 Å². The lowest BCUT2D eigenvalue weighted by molar-refractivity contribution is 0.0467. The van der Waals surface area contributed by atoms with Gasteiger partial charge in [0, 0.05) is 17.1 Å². The van der Waals surface area contributed by atoms with Gasteiger partial charge >= 0.3 is 5.97 Å². The molecule has 0 saturated carbocycles. The quantitative estimate of drug-likeness (QED) is 0.385. The van der Waals surface area contributed by atoms with E-state index >= 15 is 0 Å². The Hall–Kier alpha value is -2.11. The summed E-state index contributed by atoms with van der Waals surface area (Å²) >= 11 is 7.63. The molecule has 24 heavy (non-hydrogen) atoms. The van der Waals surface area contributed by atoms with E-state index in [1.54, 1.807) is 18.3 Å². The maximum Gasteiger partial charge on any atom is 0.341 e. The number of benzene rings is 1. The van der Waals surface area contributed by atoms with E-state index in [1.807, 2.05) is 37.4 Å². The summed E-state index contributed by atoms with van der Waals surface area (Å²) in [5.74, 6) is -0.424. The average Bonchev–Trinajstić information content (AvgIpc) is 2.59. The van der Waals surface area contributed by atoms with Gasteiger partial charge in [0.15, 0.2) is 0 Å². The molecule has 6 heteroatoms. The van der Waals surface area contributed by atoms with Gasteiger partial charge in [-0.15, -0.1) is 11.8 Å². The van der Waals surface area contributed by atoms with Crippen molar-refractivity contribution in [2.75, 3.05) is 6.26 Å². The second-order valence-corrected chi connectivity index (χ2v) is 6.42. The molecule has 3 rings (SSSR count). The average molecular weight is 359 g/mol. The highest BCUT2D eigenvalue weighted by atomic mass is 35.5. The number of esters is 1. The van der Waals surface area contributed by atoms with Crippen LogP contribution in [0.3, 0.4) is 0 Å². The van der Waals surface area contributed by atoms with Crippen LogP contribution in [0.4, 0.5) is 0 Å². The summed E-state index contributed by atoms with van der Waals surface area (Å²) < 4.78 is 5.39. The van der Waals surface area contributed by atoms with Crippen molar-refractivity contribution >= 4 is 40.2 Å². The molecule has 0 radical (unpaired) electrons. The number of ether oxygens (including phenoxy) is 1. The Morgan fingerprint density at radius 3 is 2.92 bits per heavy atom. The molecular formula is C18H15ClN2O2S. The van der Waals surface area contributed by atoms with Crippen molar-refractivity contribution < 1.29 is 9.53 Å². The Balaban J connectivity index is 1.81. The molecule has 0 spiro atoms. The molecule has 122 valence electrons. The largest absolute Gasteiger partial charge is 0.457 e. The minimum absolute atomic E-state index is 0.0667. The lowest BCUT2D eigenvalue weighted by Gasteiger charge is -2.09. The maximum atomic E-state index is 12.3. The summed E-state index contributed by atoms with van der Waals surface area (Å²) in [7, 11) is 0. The molecule has 0 saturated heterocycles. The van der Waals surface area contributed by atoms with E-state index in [-0.39, 0.29) is 6.61 Å². The standard InChI is InChI=1S/C18H15ClN2O2S/c1-11-5-6-12-9-13(16(19)21-15(12)8-11)10-23-18(22)14-4-3-7-20-17(14)24-2/h3-9H,10H2,1-2H3. The number of aromatic nitrogens is 2. The van der Waals surface area contributed by atoms with Crippen LogP contribution in [0, 0.1) is 6.92 Å². The monoisotopic (exact) mass is 358 g/mol. The Morgan fingerprint density at radius 1 is 1.29 bits per heavy atom. The van der Waals surface area contributed by atoms with Crippen LogP contribution in [0.1, 0.15) is 21.5 Å². The summed E-state index contributed by atoms with van der Waals surface area (Å²) in [6, 6.07) is 11.3. The first kappa shape index (κ1) is 16.7. The Labute approximate surface area is 149 Å². The molecule has 0 aliphatic carbocycles. The van der Waals surface area contributed by atoms with Crippen LogP contribution in [-0.2, 0) is 11.3 Å². The number of aryl methyl sites for hydroxylation is 1. The highest BCUT2D eigenvalue weighted by Crippen LogP contribution is 2.23. The number of halogens is 1. The van der Waals surface area contributed by atoms with E-state index in [0.717, 1.165) is 16.5 Å². The van der Waals surface area contributed by atoms with Gasteiger partial charge in [-0.05, 0) is 43.0 Å². The van der Waals surface area contributed by atoms with Crippen molar-refractivity contribution in [3.8, 4) is 0 Å². The van der Waals surface area contributed by atoms with Crippen LogP contribution in [0.15, 0.2) is 47.6 Å². The second-order valence-electron chi connectivity index (χ2n) is 5.27. The molecule has 2 aromatic heterocycles. The van der Waals surface area contributed by atoms with Crippen molar-refractivity contribution in [3.05, 3.63) is 64.4 Å². The Bertz CT molecular complexity index is 915. The molecule has 4 nitrogen and oxygen atoms in total. The summed E-state index contributed by atoms with van der Waals surface area (Å²) in [6.07, 6.45) is 3.51. The molecule has 0 unspecified atom stereocenters. The zero-order valence-corrected chi connectivity index (χ0v) is 14.8. The molecule has 0 bridgehead atoms. The van der Waals surface area contributed by atoms with Crippen LogP contribution in [-0.4, -0.2) is 22.2 Å². The minimum atomic E-state index is -0.424. The molecule has 3 aromatic rings. The zero-order valence-electron chi connectivity index (χ0n) is 13.2. The Kier molecular flexibility index (Phi) is 5.02. The van der Waals surface area contributed by atoms with Crippen molar-refractivity contribution in [1.82, 2.24) is 9.97 Å². The van der Waals surface area contributed by atoms with E-state index in [4.69, 9.17) is 16.3 Å². The van der Waals surface area contributed by atoms with Crippen LogP contribution in [0.2, 0.25) is 5.15 Å². The Morgan fingerprint density at radius 2 is 2.12 bits per heavy atom. The van der Waals surface area contributed by atoms with Gasteiger partial charge in [-0.25, -0.2) is 14.8 Å². The van der Waals surface area contributed by atoms with Crippen molar-refractivity contribution in [3.63, 3.8) is 0 Å². The van der Waals surface area contributed by atoms with Crippen molar-refractivity contribution in [1.29, 1.82) is 0 Å². The van der Waals surface area contributed by atoms with Crippen LogP contribution in [0.5, 0.6) is 0 Å². The van der Waals surface area contributed by atoms with Gasteiger partial charge < -0.3 is 4.74 Å². The number of hydrogen-bond donors (Lipinski definition) is 0. The van der Waals surface area contributed by atoms with Gasteiger partial charge in [0.05, 0.1) is 11.1 Å². The van der Waals surface area contributed by atoms with Crippen LogP contribution < -0.4 is 0 Å². The van der Waals surface area contributed by atoms with Gasteiger partial charge in [-0.1, -0.05) is 23.7 Å². The summed E-state index contributed by atoms with van der Waals surface area (Å²) in [4.78, 5) is 20.8. The van der Waals surface area contributed by atoms with Gasteiger partial charge in [0.25, 0.3) is 0 Å². The predicted molar refractivity (Wildman–Crippen MR) is 96.6 cm³/mol. The number of rotatable bonds is 4. The highest BCUT2D eigenvalue weighted by Gasteiger charge is 2.14. The molecular weight excluding hydrogens is 344 g/mol. The number of fused-ring (bicyclic) bond motifs is 1. The topological polar surface area (TPSA) is 52.1 Å². The summed E-state index contributed by atoms with van der Waals surface area (Å²) in [5.41, 5.74) is 3.07. The fourth-order valence-electron chi connectivity index (χ4n) is 2.33. The number of hydrogen-bond acceptors (Lipinski definition) is 5. The van der Waals surface area contributed by atoms with E-state index in [2.05, 4.69) is 9.97 Å². The molecule has 1 aromatic carbocycles. The fraction of sp³-hybridized carbons (Fsp3) is 0.167. The van der Waals surface area contributed by atoms with Crippen molar-refractivity contribution in [2.24, 2.45) is 0 Å². The summed E-state index contributed by atoms with van der Waals surface area (Å²) in [6.45, 7) is 2.07. The van der Waals surface area contributed by atoms with E-state index in [1.165, 1.54) is 11.8 Å². The summed E-state index contributed by atoms with van der Waals surface area (Å²) in [5, 5.41) is 1.94. The van der Waals surface area contributed by atoms with E-state index < -0.39 is 5.97 Å². The smallest absolute Gasteiger partial charge is 0.341 e. The van der Waals surface area contributed by atoms with Gasteiger partial charge in [-0.3, -0.25) is 0 Å². The first-order chi connectivity index (χ1) is 11.6. The first-order valence-corrected chi connectivity index (χ1v) is 8.90. The number of carbonyl (C=O) groups is 1. The lowest BCUT2D eigenvalue weighted by atomic mass is 10.1. The molecule has 0 aliphatic heterocycles. The zero-order chi connectivity index (χ0) is 17.1. The fourth-order valence-corrected chi connectivity index (χ4v) is 3.07. The van der Waals surface area contributed by atoms with E-state index in [0.29, 0.717) is 21.3 Å². The minimum Gasteiger partial charge on any atom is -0.457 e. The molecule has 0 fully saturated rings.